The van der Waals surface area contributed by atoms with E-state index in [1.165, 1.54) is 0 Å². The molecule has 0 saturated carbocycles. The summed E-state index contributed by atoms with van der Waals surface area (Å²) in [5.74, 6) is 0. The van der Waals surface area contributed by atoms with Crippen LogP contribution in [-0.2, 0) is 4.79 Å². The predicted octanol–water partition coefficient (Wildman–Crippen LogP) is -1.32. The van der Waals surface area contributed by atoms with Crippen molar-refractivity contribution in [1.29, 1.82) is 0 Å². The SMILES string of the molecule is O=CC(O)CCC(O)CO. The Morgan fingerprint density at radius 3 is 2.30 bits per heavy atom. The summed E-state index contributed by atoms with van der Waals surface area (Å²) in [6, 6.07) is 0. The van der Waals surface area contributed by atoms with Gasteiger partial charge in [-0.05, 0) is 12.8 Å². The summed E-state index contributed by atoms with van der Waals surface area (Å²) in [5, 5.41) is 25.7. The van der Waals surface area contributed by atoms with Crippen LogP contribution in [0.1, 0.15) is 12.8 Å². The van der Waals surface area contributed by atoms with Crippen molar-refractivity contribution in [2.45, 2.75) is 25.0 Å². The van der Waals surface area contributed by atoms with Crippen molar-refractivity contribution < 1.29 is 20.1 Å². The molecule has 0 aromatic rings. The molecule has 0 aromatic carbocycles. The molecule has 0 fully saturated rings. The van der Waals surface area contributed by atoms with Crippen LogP contribution in [0, 0.1) is 0 Å². The zero-order valence-electron chi connectivity index (χ0n) is 5.60. The fourth-order valence-corrected chi connectivity index (χ4v) is 0.522. The second-order valence-electron chi connectivity index (χ2n) is 2.12. The molecule has 60 valence electrons. The smallest absolute Gasteiger partial charge is 0.148 e. The van der Waals surface area contributed by atoms with Gasteiger partial charge in [-0.2, -0.15) is 0 Å². The molecule has 0 aliphatic rings. The fraction of sp³-hybridized carbons (Fsp3) is 0.833. The first-order valence-electron chi connectivity index (χ1n) is 3.13. The van der Waals surface area contributed by atoms with Gasteiger partial charge >= 0.3 is 0 Å². The number of carbonyl (C=O) groups excluding carboxylic acids is 1. The number of hydrogen-bond donors (Lipinski definition) is 3. The lowest BCUT2D eigenvalue weighted by molar-refractivity contribution is -0.115. The summed E-state index contributed by atoms with van der Waals surface area (Å²) >= 11 is 0. The normalized spacial score (nSPS) is 16.3. The van der Waals surface area contributed by atoms with Crippen LogP contribution in [0.5, 0.6) is 0 Å². The van der Waals surface area contributed by atoms with Crippen molar-refractivity contribution in [2.75, 3.05) is 6.61 Å². The summed E-state index contributed by atoms with van der Waals surface area (Å²) in [6.45, 7) is -0.328. The van der Waals surface area contributed by atoms with Crippen LogP contribution in [0.4, 0.5) is 0 Å². The third-order valence-corrected chi connectivity index (χ3v) is 1.16. The van der Waals surface area contributed by atoms with Gasteiger partial charge in [0, 0.05) is 0 Å². The van der Waals surface area contributed by atoms with E-state index >= 15 is 0 Å². The van der Waals surface area contributed by atoms with Crippen LogP contribution in [0.2, 0.25) is 0 Å². The number of carbonyl (C=O) groups is 1. The first kappa shape index (κ1) is 9.55. The van der Waals surface area contributed by atoms with Gasteiger partial charge in [-0.25, -0.2) is 0 Å². The third-order valence-electron chi connectivity index (χ3n) is 1.16. The molecule has 0 heterocycles. The third kappa shape index (κ3) is 4.43. The van der Waals surface area contributed by atoms with Crippen molar-refractivity contribution in [3.63, 3.8) is 0 Å². The lowest BCUT2D eigenvalue weighted by atomic mass is 10.1. The molecule has 0 saturated heterocycles. The topological polar surface area (TPSA) is 77.8 Å². The Morgan fingerprint density at radius 1 is 1.30 bits per heavy atom. The minimum Gasteiger partial charge on any atom is -0.394 e. The molecule has 0 radical (unpaired) electrons. The molecule has 3 N–H and O–H groups in total. The first-order valence-corrected chi connectivity index (χ1v) is 3.13. The summed E-state index contributed by atoms with van der Waals surface area (Å²) in [4.78, 5) is 9.81. The van der Waals surface area contributed by atoms with Gasteiger partial charge < -0.3 is 20.1 Å². The molecule has 2 unspecified atom stereocenters. The van der Waals surface area contributed by atoms with Gasteiger partial charge in [0.25, 0.3) is 0 Å². The summed E-state index contributed by atoms with van der Waals surface area (Å²) in [6.07, 6.45) is -0.984. The highest BCUT2D eigenvalue weighted by atomic mass is 16.3. The Bertz CT molecular complexity index is 93.7. The van der Waals surface area contributed by atoms with Gasteiger partial charge in [-0.1, -0.05) is 0 Å². The van der Waals surface area contributed by atoms with E-state index in [-0.39, 0.29) is 19.4 Å². The van der Waals surface area contributed by atoms with Gasteiger partial charge in [-0.3, -0.25) is 0 Å². The van der Waals surface area contributed by atoms with E-state index in [0.29, 0.717) is 6.29 Å². The van der Waals surface area contributed by atoms with Crippen LogP contribution in [0.15, 0.2) is 0 Å². The van der Waals surface area contributed by atoms with Crippen LogP contribution < -0.4 is 0 Å². The molecule has 2 atom stereocenters. The van der Waals surface area contributed by atoms with E-state index in [1.54, 1.807) is 0 Å². The van der Waals surface area contributed by atoms with Crippen molar-refractivity contribution >= 4 is 6.29 Å². The van der Waals surface area contributed by atoms with E-state index < -0.39 is 12.2 Å². The van der Waals surface area contributed by atoms with Crippen LogP contribution >= 0.6 is 0 Å². The maximum absolute atomic E-state index is 9.81. The minimum absolute atomic E-state index is 0.200. The van der Waals surface area contributed by atoms with Gasteiger partial charge in [-0.15, -0.1) is 0 Å². The molecular formula is C6H12O4. The van der Waals surface area contributed by atoms with Gasteiger partial charge in [0.15, 0.2) is 0 Å². The van der Waals surface area contributed by atoms with Gasteiger partial charge in [0.1, 0.15) is 12.4 Å². The lowest BCUT2D eigenvalue weighted by Crippen LogP contribution is -2.16. The summed E-state index contributed by atoms with van der Waals surface area (Å²) in [5.41, 5.74) is 0. The molecular weight excluding hydrogens is 136 g/mol. The number of aliphatic hydroxyl groups excluding tert-OH is 3. The van der Waals surface area contributed by atoms with E-state index in [4.69, 9.17) is 15.3 Å². The molecule has 0 rings (SSSR count). The Hall–Kier alpha value is -0.450. The maximum Gasteiger partial charge on any atom is 0.148 e. The average Bonchev–Trinajstić information content (AvgIpc) is 1.99. The maximum atomic E-state index is 9.81. The number of aldehydes is 1. The van der Waals surface area contributed by atoms with E-state index in [2.05, 4.69) is 0 Å². The average molecular weight is 148 g/mol. The first-order chi connectivity index (χ1) is 4.70. The van der Waals surface area contributed by atoms with E-state index in [0.717, 1.165) is 0 Å². The second-order valence-corrected chi connectivity index (χ2v) is 2.12. The van der Waals surface area contributed by atoms with Crippen molar-refractivity contribution in [1.82, 2.24) is 0 Å². The Kier molecular flexibility index (Phi) is 5.10. The summed E-state index contributed by atoms with van der Waals surface area (Å²) in [7, 11) is 0. The highest BCUT2D eigenvalue weighted by Crippen LogP contribution is 1.98. The number of rotatable bonds is 5. The highest BCUT2D eigenvalue weighted by Gasteiger charge is 2.06. The predicted molar refractivity (Wildman–Crippen MR) is 34.4 cm³/mol. The standard InChI is InChI=1S/C6H12O4/c7-3-5(9)1-2-6(10)4-8/h3,5-6,8-10H,1-2,4H2. The van der Waals surface area contributed by atoms with Crippen molar-refractivity contribution in [3.05, 3.63) is 0 Å². The molecule has 0 aliphatic heterocycles. The molecule has 0 aromatic heterocycles. The monoisotopic (exact) mass is 148 g/mol. The molecule has 10 heavy (non-hydrogen) atoms. The van der Waals surface area contributed by atoms with E-state index in [1.807, 2.05) is 0 Å². The minimum atomic E-state index is -1.01. The fourth-order valence-electron chi connectivity index (χ4n) is 0.522. The van der Waals surface area contributed by atoms with E-state index in [9.17, 15) is 4.79 Å². The molecule has 4 heteroatoms. The molecule has 4 nitrogen and oxygen atoms in total. The molecule has 0 spiro atoms. The van der Waals surface area contributed by atoms with Crippen molar-refractivity contribution in [2.24, 2.45) is 0 Å². The molecule has 0 amide bonds. The zero-order valence-corrected chi connectivity index (χ0v) is 5.60. The second kappa shape index (κ2) is 5.34. The number of hydrogen-bond acceptors (Lipinski definition) is 4. The largest absolute Gasteiger partial charge is 0.394 e. The Balaban J connectivity index is 3.25. The number of aliphatic hydroxyl groups is 3. The molecule has 0 aliphatic carbocycles. The van der Waals surface area contributed by atoms with Crippen LogP contribution in [0.25, 0.3) is 0 Å². The molecule has 0 bridgehead atoms. The van der Waals surface area contributed by atoms with Crippen molar-refractivity contribution in [3.8, 4) is 0 Å². The zero-order chi connectivity index (χ0) is 7.98. The van der Waals surface area contributed by atoms with Gasteiger partial charge in [0.2, 0.25) is 0 Å². The van der Waals surface area contributed by atoms with Crippen LogP contribution in [-0.4, -0.2) is 40.4 Å². The van der Waals surface area contributed by atoms with Crippen LogP contribution in [0.3, 0.4) is 0 Å². The summed E-state index contributed by atoms with van der Waals surface area (Å²) < 4.78 is 0. The quantitative estimate of drug-likeness (QED) is 0.422. The lowest BCUT2D eigenvalue weighted by Gasteiger charge is -2.06. The Morgan fingerprint density at radius 2 is 1.90 bits per heavy atom. The Labute approximate surface area is 59.1 Å². The van der Waals surface area contributed by atoms with Gasteiger partial charge in [0.05, 0.1) is 12.7 Å². The highest BCUT2D eigenvalue weighted by molar-refractivity contribution is 5.55.